The predicted octanol–water partition coefficient (Wildman–Crippen LogP) is 2.18. The molecule has 0 aromatic heterocycles. The van der Waals surface area contributed by atoms with Gasteiger partial charge < -0.3 is 5.11 Å². The second kappa shape index (κ2) is 3.45. The first-order valence-electron chi connectivity index (χ1n) is 4.98. The van der Waals surface area contributed by atoms with Crippen LogP contribution in [-0.4, -0.2) is 11.1 Å². The monoisotopic (exact) mass is 190 g/mol. The quantitative estimate of drug-likeness (QED) is 0.737. The summed E-state index contributed by atoms with van der Waals surface area (Å²) in [6.07, 6.45) is 2.39. The summed E-state index contributed by atoms with van der Waals surface area (Å²) in [6.45, 7) is 2.05. The van der Waals surface area contributed by atoms with Crippen LogP contribution in [0, 0.1) is 12.8 Å². The van der Waals surface area contributed by atoms with Gasteiger partial charge in [0.2, 0.25) is 0 Å². The van der Waals surface area contributed by atoms with Crippen LogP contribution in [0.4, 0.5) is 0 Å². The third-order valence-corrected chi connectivity index (χ3v) is 2.94. The summed E-state index contributed by atoms with van der Waals surface area (Å²) in [6, 6.07) is 6.34. The summed E-state index contributed by atoms with van der Waals surface area (Å²) < 4.78 is 0. The van der Waals surface area contributed by atoms with Crippen LogP contribution in [0.15, 0.2) is 18.2 Å². The van der Waals surface area contributed by atoms with E-state index in [2.05, 4.69) is 18.2 Å². The van der Waals surface area contributed by atoms with E-state index in [1.807, 2.05) is 6.92 Å². The fraction of sp³-hybridized carbons (Fsp3) is 0.417. The number of hydrogen-bond donors (Lipinski definition) is 1. The lowest BCUT2D eigenvalue weighted by molar-refractivity contribution is -0.142. The number of aliphatic carboxylic acids is 1. The van der Waals surface area contributed by atoms with Crippen LogP contribution >= 0.6 is 0 Å². The number of benzene rings is 1. The van der Waals surface area contributed by atoms with E-state index in [1.54, 1.807) is 0 Å². The third kappa shape index (κ3) is 1.65. The van der Waals surface area contributed by atoms with Crippen LogP contribution in [0.3, 0.4) is 0 Å². The van der Waals surface area contributed by atoms with Crippen molar-refractivity contribution in [1.82, 2.24) is 0 Å². The van der Waals surface area contributed by atoms with E-state index < -0.39 is 5.97 Å². The zero-order valence-electron chi connectivity index (χ0n) is 8.29. The molecule has 14 heavy (non-hydrogen) atoms. The van der Waals surface area contributed by atoms with Crippen molar-refractivity contribution in [3.8, 4) is 0 Å². The van der Waals surface area contributed by atoms with Gasteiger partial charge in [-0.25, -0.2) is 0 Å². The molecular weight excluding hydrogens is 176 g/mol. The minimum atomic E-state index is -0.655. The Morgan fingerprint density at radius 1 is 1.43 bits per heavy atom. The molecule has 0 amide bonds. The van der Waals surface area contributed by atoms with E-state index >= 15 is 0 Å². The second-order valence-corrected chi connectivity index (χ2v) is 4.05. The Balaban J connectivity index is 2.29. The Morgan fingerprint density at radius 3 is 2.93 bits per heavy atom. The first-order chi connectivity index (χ1) is 6.66. The lowest BCUT2D eigenvalue weighted by Crippen LogP contribution is -2.22. The van der Waals surface area contributed by atoms with Gasteiger partial charge in [0.25, 0.3) is 0 Å². The smallest absolute Gasteiger partial charge is 0.306 e. The van der Waals surface area contributed by atoms with Crippen molar-refractivity contribution >= 4 is 5.97 Å². The molecule has 1 aliphatic rings. The average Bonchev–Trinajstić information content (AvgIpc) is 2.16. The van der Waals surface area contributed by atoms with Crippen molar-refractivity contribution in [2.24, 2.45) is 5.92 Å². The van der Waals surface area contributed by atoms with Crippen LogP contribution in [-0.2, 0) is 17.6 Å². The molecule has 1 aromatic rings. The van der Waals surface area contributed by atoms with E-state index in [4.69, 9.17) is 5.11 Å². The minimum absolute atomic E-state index is 0.177. The predicted molar refractivity (Wildman–Crippen MR) is 54.3 cm³/mol. The number of carboxylic acids is 1. The third-order valence-electron chi connectivity index (χ3n) is 2.94. The summed E-state index contributed by atoms with van der Waals surface area (Å²) in [4.78, 5) is 10.8. The molecule has 0 bridgehead atoms. The average molecular weight is 190 g/mol. The molecule has 0 aliphatic heterocycles. The van der Waals surface area contributed by atoms with Crippen molar-refractivity contribution in [2.75, 3.05) is 0 Å². The maximum atomic E-state index is 10.8. The van der Waals surface area contributed by atoms with Crippen molar-refractivity contribution < 1.29 is 9.90 Å². The van der Waals surface area contributed by atoms with Gasteiger partial charge in [-0.1, -0.05) is 23.8 Å². The molecule has 1 N–H and O–H groups in total. The Morgan fingerprint density at radius 2 is 2.21 bits per heavy atom. The highest BCUT2D eigenvalue weighted by Gasteiger charge is 2.23. The number of carbonyl (C=O) groups is 1. The zero-order chi connectivity index (χ0) is 10.1. The number of rotatable bonds is 1. The normalized spacial score (nSPS) is 20.2. The van der Waals surface area contributed by atoms with Gasteiger partial charge in [-0.3, -0.25) is 4.79 Å². The van der Waals surface area contributed by atoms with Gasteiger partial charge in [-0.05, 0) is 37.3 Å². The molecular formula is C12H14O2. The molecule has 0 saturated heterocycles. The van der Waals surface area contributed by atoms with E-state index in [-0.39, 0.29) is 5.92 Å². The van der Waals surface area contributed by atoms with Crippen LogP contribution in [0.25, 0.3) is 0 Å². The van der Waals surface area contributed by atoms with Gasteiger partial charge in [-0.15, -0.1) is 0 Å². The Bertz CT molecular complexity index is 369. The Kier molecular flexibility index (Phi) is 2.28. The van der Waals surface area contributed by atoms with E-state index in [1.165, 1.54) is 16.7 Å². The molecule has 2 nitrogen and oxygen atoms in total. The van der Waals surface area contributed by atoms with Gasteiger partial charge >= 0.3 is 5.97 Å². The molecule has 1 atom stereocenters. The summed E-state index contributed by atoms with van der Waals surface area (Å²) in [5.41, 5.74) is 3.77. The van der Waals surface area contributed by atoms with Crippen molar-refractivity contribution in [3.63, 3.8) is 0 Å². The standard InChI is InChI=1S/C12H14O2/c1-8-2-3-9-4-5-10(12(13)14)7-11(9)6-8/h2-3,6,10H,4-5,7H2,1H3,(H,13,14). The molecule has 0 spiro atoms. The second-order valence-electron chi connectivity index (χ2n) is 4.05. The maximum Gasteiger partial charge on any atom is 0.306 e. The molecule has 0 saturated carbocycles. The molecule has 2 rings (SSSR count). The van der Waals surface area contributed by atoms with Crippen molar-refractivity contribution in [1.29, 1.82) is 0 Å². The van der Waals surface area contributed by atoms with E-state index in [9.17, 15) is 4.79 Å². The summed E-state index contributed by atoms with van der Waals surface area (Å²) in [5.74, 6) is -0.832. The lowest BCUT2D eigenvalue weighted by Gasteiger charge is -2.21. The number of fused-ring (bicyclic) bond motifs is 1. The topological polar surface area (TPSA) is 37.3 Å². The van der Waals surface area contributed by atoms with Crippen LogP contribution in [0.2, 0.25) is 0 Å². The Hall–Kier alpha value is -1.31. The summed E-state index contributed by atoms with van der Waals surface area (Å²) in [7, 11) is 0. The minimum Gasteiger partial charge on any atom is -0.481 e. The van der Waals surface area contributed by atoms with Crippen LogP contribution in [0.1, 0.15) is 23.1 Å². The lowest BCUT2D eigenvalue weighted by atomic mass is 9.83. The summed E-state index contributed by atoms with van der Waals surface area (Å²) >= 11 is 0. The molecule has 0 heterocycles. The molecule has 0 radical (unpaired) electrons. The number of hydrogen-bond acceptors (Lipinski definition) is 1. The van der Waals surface area contributed by atoms with Crippen molar-refractivity contribution in [2.45, 2.75) is 26.2 Å². The van der Waals surface area contributed by atoms with Crippen LogP contribution in [0.5, 0.6) is 0 Å². The SMILES string of the molecule is Cc1ccc2c(c1)CC(C(=O)O)CC2. The molecule has 1 unspecified atom stereocenters. The highest BCUT2D eigenvalue weighted by molar-refractivity contribution is 5.71. The molecule has 0 fully saturated rings. The number of carboxylic acid groups (broad SMARTS) is 1. The highest BCUT2D eigenvalue weighted by Crippen LogP contribution is 2.26. The van der Waals surface area contributed by atoms with Gasteiger partial charge in [-0.2, -0.15) is 0 Å². The first kappa shape index (κ1) is 9.25. The molecule has 74 valence electrons. The molecule has 2 heteroatoms. The zero-order valence-corrected chi connectivity index (χ0v) is 8.29. The van der Waals surface area contributed by atoms with Gasteiger partial charge in [0.15, 0.2) is 0 Å². The largest absolute Gasteiger partial charge is 0.481 e. The molecule has 1 aliphatic carbocycles. The maximum absolute atomic E-state index is 10.8. The van der Waals surface area contributed by atoms with Crippen molar-refractivity contribution in [3.05, 3.63) is 34.9 Å². The molecule has 1 aromatic carbocycles. The summed E-state index contributed by atoms with van der Waals surface area (Å²) in [5, 5.41) is 8.93. The fourth-order valence-electron chi connectivity index (χ4n) is 2.10. The number of aryl methyl sites for hydroxylation is 2. The van der Waals surface area contributed by atoms with E-state index in [0.717, 1.165) is 12.8 Å². The first-order valence-corrected chi connectivity index (χ1v) is 4.98. The highest BCUT2D eigenvalue weighted by atomic mass is 16.4. The fourth-order valence-corrected chi connectivity index (χ4v) is 2.10. The van der Waals surface area contributed by atoms with E-state index in [0.29, 0.717) is 6.42 Å². The van der Waals surface area contributed by atoms with Gasteiger partial charge in [0, 0.05) is 0 Å². The van der Waals surface area contributed by atoms with Gasteiger partial charge in [0.05, 0.1) is 5.92 Å². The van der Waals surface area contributed by atoms with Gasteiger partial charge in [0.1, 0.15) is 0 Å². The Labute approximate surface area is 83.6 Å². The van der Waals surface area contributed by atoms with Crippen LogP contribution < -0.4 is 0 Å².